The van der Waals surface area contributed by atoms with E-state index in [-0.39, 0.29) is 24.4 Å². The summed E-state index contributed by atoms with van der Waals surface area (Å²) in [6.45, 7) is 7.57. The fourth-order valence-corrected chi connectivity index (χ4v) is 2.80. The van der Waals surface area contributed by atoms with Crippen LogP contribution in [0.2, 0.25) is 0 Å². The van der Waals surface area contributed by atoms with Gasteiger partial charge in [0.05, 0.1) is 19.8 Å². The van der Waals surface area contributed by atoms with Gasteiger partial charge in [-0.1, -0.05) is 0 Å². The summed E-state index contributed by atoms with van der Waals surface area (Å²) in [5, 5.41) is 3.34. The Balaban J connectivity index is 0.00000200. The van der Waals surface area contributed by atoms with Crippen LogP contribution in [-0.4, -0.2) is 62.9 Å². The van der Waals surface area contributed by atoms with Crippen molar-refractivity contribution >= 4 is 18.3 Å². The van der Waals surface area contributed by atoms with Crippen molar-refractivity contribution in [2.24, 2.45) is 5.92 Å². The average molecular weight is 307 g/mol. The monoisotopic (exact) mass is 306 g/mol. The number of carbonyl (C=O) groups excluding carboxylic acids is 1. The molecule has 2 aliphatic rings. The number of hydrogen-bond donors (Lipinski definition) is 1. The van der Waals surface area contributed by atoms with Crippen LogP contribution in [0.1, 0.15) is 26.2 Å². The molecule has 2 atom stereocenters. The third-order valence-corrected chi connectivity index (χ3v) is 3.85. The SMILES string of the molecule is CCOCC1CCCN(C(=O)CC2COCCN2)C1.Cl. The standard InChI is InChI=1S/C14H26N2O3.ClH/c1-2-18-10-12-4-3-6-16(9-12)14(17)8-13-11-19-7-5-15-13;/h12-13,15H,2-11H2,1H3;1H. The van der Waals surface area contributed by atoms with Crippen LogP contribution in [0.15, 0.2) is 0 Å². The maximum Gasteiger partial charge on any atom is 0.224 e. The highest BCUT2D eigenvalue weighted by Gasteiger charge is 2.26. The molecule has 0 radical (unpaired) electrons. The van der Waals surface area contributed by atoms with Crippen LogP contribution in [-0.2, 0) is 14.3 Å². The van der Waals surface area contributed by atoms with Gasteiger partial charge in [0.15, 0.2) is 0 Å². The minimum atomic E-state index is 0. The van der Waals surface area contributed by atoms with E-state index < -0.39 is 0 Å². The van der Waals surface area contributed by atoms with E-state index in [2.05, 4.69) is 5.32 Å². The Labute approximate surface area is 127 Å². The number of hydrogen-bond acceptors (Lipinski definition) is 4. The molecule has 0 spiro atoms. The molecule has 2 unspecified atom stereocenters. The third kappa shape index (κ3) is 5.56. The van der Waals surface area contributed by atoms with Gasteiger partial charge in [0.2, 0.25) is 5.91 Å². The lowest BCUT2D eigenvalue weighted by molar-refractivity contribution is -0.134. The van der Waals surface area contributed by atoms with Crippen LogP contribution in [0, 0.1) is 5.92 Å². The Kier molecular flexibility index (Phi) is 8.45. The summed E-state index contributed by atoms with van der Waals surface area (Å²) in [6, 6.07) is 0.188. The van der Waals surface area contributed by atoms with Crippen molar-refractivity contribution < 1.29 is 14.3 Å². The maximum atomic E-state index is 12.3. The van der Waals surface area contributed by atoms with Gasteiger partial charge in [-0.2, -0.15) is 0 Å². The molecule has 118 valence electrons. The van der Waals surface area contributed by atoms with Gasteiger partial charge in [0.1, 0.15) is 0 Å². The van der Waals surface area contributed by atoms with Gasteiger partial charge < -0.3 is 19.7 Å². The quantitative estimate of drug-likeness (QED) is 0.825. The number of morpholine rings is 1. The predicted octanol–water partition coefficient (Wildman–Crippen LogP) is 1.06. The van der Waals surface area contributed by atoms with E-state index in [4.69, 9.17) is 9.47 Å². The van der Waals surface area contributed by atoms with Crippen molar-refractivity contribution in [3.8, 4) is 0 Å². The zero-order chi connectivity index (χ0) is 13.5. The lowest BCUT2D eigenvalue weighted by Gasteiger charge is -2.34. The molecule has 20 heavy (non-hydrogen) atoms. The number of likely N-dealkylation sites (tertiary alicyclic amines) is 1. The van der Waals surface area contributed by atoms with E-state index in [1.807, 2.05) is 11.8 Å². The van der Waals surface area contributed by atoms with Crippen LogP contribution >= 0.6 is 12.4 Å². The van der Waals surface area contributed by atoms with Gasteiger partial charge in [-0.3, -0.25) is 4.79 Å². The topological polar surface area (TPSA) is 50.8 Å². The fourth-order valence-electron chi connectivity index (χ4n) is 2.80. The molecule has 2 rings (SSSR count). The first-order valence-corrected chi connectivity index (χ1v) is 7.46. The molecule has 0 aromatic carbocycles. The first-order chi connectivity index (χ1) is 9.29. The molecule has 2 aliphatic heterocycles. The molecule has 0 saturated carbocycles. The summed E-state index contributed by atoms with van der Waals surface area (Å²) in [5.41, 5.74) is 0. The van der Waals surface area contributed by atoms with Crippen LogP contribution in [0.5, 0.6) is 0 Å². The number of rotatable bonds is 5. The van der Waals surface area contributed by atoms with Crippen molar-refractivity contribution in [3.05, 3.63) is 0 Å². The molecule has 5 nitrogen and oxygen atoms in total. The molecule has 1 N–H and O–H groups in total. The van der Waals surface area contributed by atoms with E-state index in [9.17, 15) is 4.79 Å². The van der Waals surface area contributed by atoms with Gasteiger partial charge in [0, 0.05) is 38.7 Å². The zero-order valence-corrected chi connectivity index (χ0v) is 13.1. The Morgan fingerprint density at radius 3 is 3.05 bits per heavy atom. The van der Waals surface area contributed by atoms with Crippen LogP contribution in [0.25, 0.3) is 0 Å². The summed E-state index contributed by atoms with van der Waals surface area (Å²) in [4.78, 5) is 14.3. The fraction of sp³-hybridized carbons (Fsp3) is 0.929. The Morgan fingerprint density at radius 1 is 1.50 bits per heavy atom. The van der Waals surface area contributed by atoms with E-state index in [0.29, 0.717) is 18.9 Å². The first kappa shape index (κ1) is 17.7. The largest absolute Gasteiger partial charge is 0.381 e. The molecule has 0 bridgehead atoms. The van der Waals surface area contributed by atoms with Crippen molar-refractivity contribution in [2.75, 3.05) is 46.1 Å². The highest BCUT2D eigenvalue weighted by atomic mass is 35.5. The lowest BCUT2D eigenvalue weighted by atomic mass is 9.98. The van der Waals surface area contributed by atoms with E-state index in [1.165, 1.54) is 6.42 Å². The molecular weight excluding hydrogens is 280 g/mol. The van der Waals surface area contributed by atoms with Crippen LogP contribution in [0.3, 0.4) is 0 Å². The Morgan fingerprint density at radius 2 is 2.35 bits per heavy atom. The smallest absolute Gasteiger partial charge is 0.224 e. The molecule has 0 aromatic rings. The van der Waals surface area contributed by atoms with Gasteiger partial charge >= 0.3 is 0 Å². The highest BCUT2D eigenvalue weighted by molar-refractivity contribution is 5.85. The molecule has 0 aromatic heterocycles. The molecule has 2 heterocycles. The second-order valence-electron chi connectivity index (χ2n) is 5.44. The first-order valence-electron chi connectivity index (χ1n) is 7.46. The molecule has 0 aliphatic carbocycles. The summed E-state index contributed by atoms with van der Waals surface area (Å²) in [7, 11) is 0. The molecule has 2 saturated heterocycles. The average Bonchev–Trinajstić information content (AvgIpc) is 2.46. The number of piperidine rings is 1. The van der Waals surface area contributed by atoms with E-state index >= 15 is 0 Å². The van der Waals surface area contributed by atoms with Crippen molar-refractivity contribution in [2.45, 2.75) is 32.2 Å². The number of halogens is 1. The number of carbonyl (C=O) groups is 1. The van der Waals surface area contributed by atoms with Gasteiger partial charge in [-0.15, -0.1) is 12.4 Å². The summed E-state index contributed by atoms with van der Waals surface area (Å²) < 4.78 is 10.9. The van der Waals surface area contributed by atoms with Crippen LogP contribution < -0.4 is 5.32 Å². The normalized spacial score (nSPS) is 26.9. The minimum Gasteiger partial charge on any atom is -0.381 e. The minimum absolute atomic E-state index is 0. The second-order valence-corrected chi connectivity index (χ2v) is 5.44. The highest BCUT2D eigenvalue weighted by Crippen LogP contribution is 2.18. The van der Waals surface area contributed by atoms with Gasteiger partial charge in [-0.05, 0) is 25.7 Å². The van der Waals surface area contributed by atoms with E-state index in [0.717, 1.165) is 45.9 Å². The third-order valence-electron chi connectivity index (χ3n) is 3.85. The number of ether oxygens (including phenoxy) is 2. The molecule has 6 heteroatoms. The van der Waals surface area contributed by atoms with Gasteiger partial charge in [0.25, 0.3) is 0 Å². The Hall–Kier alpha value is -0.360. The summed E-state index contributed by atoms with van der Waals surface area (Å²) >= 11 is 0. The van der Waals surface area contributed by atoms with Crippen molar-refractivity contribution in [3.63, 3.8) is 0 Å². The molecular formula is C14H27ClN2O3. The second kappa shape index (κ2) is 9.55. The molecule has 1 amide bonds. The number of nitrogens with zero attached hydrogens (tertiary/aromatic N) is 1. The van der Waals surface area contributed by atoms with E-state index in [1.54, 1.807) is 0 Å². The predicted molar refractivity (Wildman–Crippen MR) is 80.3 cm³/mol. The zero-order valence-electron chi connectivity index (χ0n) is 12.3. The van der Waals surface area contributed by atoms with Crippen molar-refractivity contribution in [1.29, 1.82) is 0 Å². The molecule has 2 fully saturated rings. The summed E-state index contributed by atoms with van der Waals surface area (Å²) in [5.74, 6) is 0.761. The van der Waals surface area contributed by atoms with Crippen LogP contribution in [0.4, 0.5) is 0 Å². The lowest BCUT2D eigenvalue weighted by Crippen LogP contribution is -2.47. The summed E-state index contributed by atoms with van der Waals surface area (Å²) in [6.07, 6.45) is 2.83. The number of nitrogens with one attached hydrogen (secondary N) is 1. The Bertz CT molecular complexity index is 286. The van der Waals surface area contributed by atoms with Gasteiger partial charge in [-0.25, -0.2) is 0 Å². The number of amides is 1. The maximum absolute atomic E-state index is 12.3. The van der Waals surface area contributed by atoms with Crippen molar-refractivity contribution in [1.82, 2.24) is 10.2 Å².